The van der Waals surface area contributed by atoms with E-state index in [4.69, 9.17) is 4.74 Å². The van der Waals surface area contributed by atoms with E-state index in [0.717, 1.165) is 23.5 Å². The monoisotopic (exact) mass is 328 g/mol. The van der Waals surface area contributed by atoms with Gasteiger partial charge in [-0.3, -0.25) is 9.48 Å². The van der Waals surface area contributed by atoms with Gasteiger partial charge < -0.3 is 15.4 Å². The number of carbonyl (C=O) groups is 1. The zero-order valence-electron chi connectivity index (χ0n) is 14.2. The topological polar surface area (TPSA) is 68.2 Å². The van der Waals surface area contributed by atoms with Gasteiger partial charge >= 0.3 is 0 Å². The summed E-state index contributed by atoms with van der Waals surface area (Å²) in [6.07, 6.45) is 0. The highest BCUT2D eigenvalue weighted by molar-refractivity contribution is 5.82. The fourth-order valence-corrected chi connectivity index (χ4v) is 2.93. The minimum Gasteiger partial charge on any atom is -0.378 e. The van der Waals surface area contributed by atoms with Crippen LogP contribution in [0.15, 0.2) is 30.3 Å². The van der Waals surface area contributed by atoms with Crippen molar-refractivity contribution in [2.24, 2.45) is 0 Å². The zero-order valence-corrected chi connectivity index (χ0v) is 14.2. The Morgan fingerprint density at radius 2 is 2.17 bits per heavy atom. The summed E-state index contributed by atoms with van der Waals surface area (Å²) in [6, 6.07) is 9.98. The molecule has 6 nitrogen and oxygen atoms in total. The van der Waals surface area contributed by atoms with E-state index in [1.54, 1.807) is 0 Å². The summed E-state index contributed by atoms with van der Waals surface area (Å²) in [5, 5.41) is 10.8. The van der Waals surface area contributed by atoms with Gasteiger partial charge in [0.2, 0.25) is 5.91 Å². The highest BCUT2D eigenvalue weighted by Gasteiger charge is 2.21. The lowest BCUT2D eigenvalue weighted by molar-refractivity contribution is -0.126. The van der Waals surface area contributed by atoms with Gasteiger partial charge in [0.15, 0.2) is 0 Å². The molecule has 0 aliphatic carbocycles. The molecule has 2 aromatic rings. The minimum atomic E-state index is -0.265. The first-order valence-electron chi connectivity index (χ1n) is 8.31. The van der Waals surface area contributed by atoms with Crippen LogP contribution in [0.3, 0.4) is 0 Å². The van der Waals surface area contributed by atoms with Gasteiger partial charge in [-0.15, -0.1) is 0 Å². The summed E-state index contributed by atoms with van der Waals surface area (Å²) in [6.45, 7) is 7.06. The Balaban J connectivity index is 1.64. The van der Waals surface area contributed by atoms with Crippen molar-refractivity contribution >= 4 is 5.91 Å². The first-order chi connectivity index (χ1) is 11.6. The number of nitrogens with one attached hydrogen (secondary N) is 2. The number of benzene rings is 1. The Bertz CT molecular complexity index is 691. The summed E-state index contributed by atoms with van der Waals surface area (Å²) >= 11 is 0. The van der Waals surface area contributed by atoms with Crippen LogP contribution in [0, 0.1) is 13.8 Å². The van der Waals surface area contributed by atoms with E-state index in [-0.39, 0.29) is 11.9 Å². The predicted molar refractivity (Wildman–Crippen MR) is 91.7 cm³/mol. The first-order valence-corrected chi connectivity index (χ1v) is 8.31. The van der Waals surface area contributed by atoms with Gasteiger partial charge in [-0.25, -0.2) is 0 Å². The Morgan fingerprint density at radius 3 is 2.88 bits per heavy atom. The number of aromatic nitrogens is 2. The van der Waals surface area contributed by atoms with Gasteiger partial charge in [0, 0.05) is 24.3 Å². The van der Waals surface area contributed by atoms with Crippen LogP contribution in [0.2, 0.25) is 0 Å². The number of hydrogen-bond acceptors (Lipinski definition) is 4. The Kier molecular flexibility index (Phi) is 5.27. The van der Waals surface area contributed by atoms with E-state index in [1.807, 2.05) is 36.7 Å². The molecule has 6 heteroatoms. The largest absolute Gasteiger partial charge is 0.378 e. The van der Waals surface area contributed by atoms with Crippen molar-refractivity contribution in [3.8, 4) is 0 Å². The van der Waals surface area contributed by atoms with Crippen molar-refractivity contribution in [2.75, 3.05) is 19.8 Å². The number of nitrogens with zero attached hydrogens (tertiary/aromatic N) is 2. The summed E-state index contributed by atoms with van der Waals surface area (Å²) in [4.78, 5) is 12.2. The van der Waals surface area contributed by atoms with Crippen molar-refractivity contribution in [3.63, 3.8) is 0 Å². The maximum Gasteiger partial charge on any atom is 0.239 e. The lowest BCUT2D eigenvalue weighted by atomic mass is 10.1. The van der Waals surface area contributed by atoms with Crippen molar-refractivity contribution in [2.45, 2.75) is 33.0 Å². The summed E-state index contributed by atoms with van der Waals surface area (Å²) in [7, 11) is 0. The number of aryl methyl sites for hydroxylation is 1. The molecule has 1 atom stereocenters. The van der Waals surface area contributed by atoms with Crippen LogP contribution in [-0.2, 0) is 22.6 Å². The molecular weight excluding hydrogens is 304 g/mol. The first kappa shape index (κ1) is 16.7. The van der Waals surface area contributed by atoms with Gasteiger partial charge in [0.1, 0.15) is 6.04 Å². The Hall–Kier alpha value is -2.18. The number of amides is 1. The quantitative estimate of drug-likeness (QED) is 0.864. The fraction of sp³-hybridized carbons (Fsp3) is 0.444. The second-order valence-electron chi connectivity index (χ2n) is 6.09. The lowest BCUT2D eigenvalue weighted by Crippen LogP contribution is -2.51. The third-order valence-corrected chi connectivity index (χ3v) is 4.38. The molecule has 1 aliphatic rings. The van der Waals surface area contributed by atoms with Crippen molar-refractivity contribution < 1.29 is 9.53 Å². The van der Waals surface area contributed by atoms with E-state index >= 15 is 0 Å². The standard InChI is InChI=1S/C18H24N4O2/c1-13-16(10-20-18(23)17-12-24-9-8-19-17)14(2)22(21-13)11-15-6-4-3-5-7-15/h3-7,17,19H,8-12H2,1-2H3,(H,20,23). The average Bonchev–Trinajstić information content (AvgIpc) is 2.88. The van der Waals surface area contributed by atoms with E-state index in [1.165, 1.54) is 5.56 Å². The molecule has 2 N–H and O–H groups in total. The van der Waals surface area contributed by atoms with Crippen LogP contribution >= 0.6 is 0 Å². The third-order valence-electron chi connectivity index (χ3n) is 4.38. The van der Waals surface area contributed by atoms with Gasteiger partial charge in [-0.05, 0) is 19.4 Å². The fourth-order valence-electron chi connectivity index (χ4n) is 2.93. The molecule has 1 fully saturated rings. The van der Waals surface area contributed by atoms with Crippen molar-refractivity contribution in [1.29, 1.82) is 0 Å². The maximum absolute atomic E-state index is 12.2. The van der Waals surface area contributed by atoms with Crippen LogP contribution in [-0.4, -0.2) is 41.5 Å². The number of carbonyl (C=O) groups excluding carboxylic acids is 1. The summed E-state index contributed by atoms with van der Waals surface area (Å²) < 4.78 is 7.33. The Morgan fingerprint density at radius 1 is 1.38 bits per heavy atom. The van der Waals surface area contributed by atoms with Gasteiger partial charge in [-0.2, -0.15) is 5.10 Å². The van der Waals surface area contributed by atoms with Gasteiger partial charge in [-0.1, -0.05) is 30.3 Å². The lowest BCUT2D eigenvalue weighted by Gasteiger charge is -2.22. The molecule has 1 amide bonds. The second kappa shape index (κ2) is 7.59. The molecule has 0 radical (unpaired) electrons. The molecule has 1 aromatic carbocycles. The maximum atomic E-state index is 12.2. The molecule has 1 aromatic heterocycles. The molecule has 0 spiro atoms. The number of ether oxygens (including phenoxy) is 1. The smallest absolute Gasteiger partial charge is 0.239 e. The molecule has 1 aliphatic heterocycles. The van der Waals surface area contributed by atoms with Crippen LogP contribution in [0.4, 0.5) is 0 Å². The van der Waals surface area contributed by atoms with E-state index in [2.05, 4.69) is 27.9 Å². The van der Waals surface area contributed by atoms with E-state index in [9.17, 15) is 4.79 Å². The SMILES string of the molecule is Cc1nn(Cc2ccccc2)c(C)c1CNC(=O)C1COCCN1. The molecule has 2 heterocycles. The highest BCUT2D eigenvalue weighted by Crippen LogP contribution is 2.14. The van der Waals surface area contributed by atoms with E-state index < -0.39 is 0 Å². The van der Waals surface area contributed by atoms with Crippen molar-refractivity contribution in [3.05, 3.63) is 52.8 Å². The normalized spacial score (nSPS) is 17.7. The predicted octanol–water partition coefficient (Wildman–Crippen LogP) is 1.15. The van der Waals surface area contributed by atoms with E-state index in [0.29, 0.717) is 26.3 Å². The average molecular weight is 328 g/mol. The summed E-state index contributed by atoms with van der Waals surface area (Å²) in [5.41, 5.74) is 4.33. The molecule has 0 bridgehead atoms. The molecule has 1 saturated heterocycles. The molecule has 128 valence electrons. The van der Waals surface area contributed by atoms with Gasteiger partial charge in [0.05, 0.1) is 25.5 Å². The third kappa shape index (κ3) is 3.83. The number of hydrogen-bond donors (Lipinski definition) is 2. The number of rotatable bonds is 5. The molecule has 1 unspecified atom stereocenters. The Labute approximate surface area is 142 Å². The van der Waals surface area contributed by atoms with Crippen LogP contribution < -0.4 is 10.6 Å². The highest BCUT2D eigenvalue weighted by atomic mass is 16.5. The zero-order chi connectivity index (χ0) is 16.9. The molecule has 3 rings (SSSR count). The summed E-state index contributed by atoms with van der Waals surface area (Å²) in [5.74, 6) is -0.0238. The van der Waals surface area contributed by atoms with Crippen LogP contribution in [0.5, 0.6) is 0 Å². The second-order valence-corrected chi connectivity index (χ2v) is 6.09. The minimum absolute atomic E-state index is 0.0238. The van der Waals surface area contributed by atoms with Crippen LogP contribution in [0.25, 0.3) is 0 Å². The molecular formula is C18H24N4O2. The van der Waals surface area contributed by atoms with Crippen molar-refractivity contribution in [1.82, 2.24) is 20.4 Å². The van der Waals surface area contributed by atoms with Gasteiger partial charge in [0.25, 0.3) is 0 Å². The molecule has 0 saturated carbocycles. The molecule has 24 heavy (non-hydrogen) atoms. The van der Waals surface area contributed by atoms with Crippen LogP contribution in [0.1, 0.15) is 22.5 Å². The number of morpholine rings is 1.